The van der Waals surface area contributed by atoms with E-state index in [1.807, 2.05) is 0 Å². The van der Waals surface area contributed by atoms with Gasteiger partial charge in [0, 0.05) is 6.92 Å². The second-order valence-corrected chi connectivity index (χ2v) is 6.78. The van der Waals surface area contributed by atoms with Crippen LogP contribution in [-0.4, -0.2) is 51.2 Å². The van der Waals surface area contributed by atoms with E-state index in [-0.39, 0.29) is 5.78 Å². The summed E-state index contributed by atoms with van der Waals surface area (Å²) >= 11 is 0. The van der Waals surface area contributed by atoms with Crippen LogP contribution in [0, 0.1) is 0 Å². The number of ketones is 1. The molecular weight excluding hydrogens is 264 g/mol. The van der Waals surface area contributed by atoms with Gasteiger partial charge in [-0.15, -0.1) is 0 Å². The van der Waals surface area contributed by atoms with Gasteiger partial charge < -0.3 is 4.90 Å². The van der Waals surface area contributed by atoms with Crippen LogP contribution in [0.5, 0.6) is 0 Å². The molecular formula is C13H19N2O3S+. The Labute approximate surface area is 113 Å². The molecule has 0 spiro atoms. The number of benzene rings is 1. The standard InChI is InChI=1S/C13H18N2O3S/c1-12(16)11-14-7-9-15(10-8-14)19(17,18)13-5-3-2-4-6-13/h2-6H,7-11H2,1H3/p+1. The number of sulfonamides is 1. The van der Waals surface area contributed by atoms with Gasteiger partial charge in [0.05, 0.1) is 31.1 Å². The Hall–Kier alpha value is -1.24. The van der Waals surface area contributed by atoms with Crippen LogP contribution in [0.4, 0.5) is 0 Å². The molecule has 1 N–H and O–H groups in total. The third-order valence-corrected chi connectivity index (χ3v) is 5.22. The van der Waals surface area contributed by atoms with Gasteiger partial charge in [-0.1, -0.05) is 18.2 Å². The zero-order valence-corrected chi connectivity index (χ0v) is 11.8. The van der Waals surface area contributed by atoms with Crippen LogP contribution in [-0.2, 0) is 14.8 Å². The van der Waals surface area contributed by atoms with Gasteiger partial charge in [0.2, 0.25) is 10.0 Å². The van der Waals surface area contributed by atoms with E-state index in [2.05, 4.69) is 0 Å². The molecule has 1 aromatic rings. The summed E-state index contributed by atoms with van der Waals surface area (Å²) in [6.07, 6.45) is 0. The van der Waals surface area contributed by atoms with Gasteiger partial charge in [-0.2, -0.15) is 4.31 Å². The Bertz CT molecular complexity index is 534. The lowest BCUT2D eigenvalue weighted by molar-refractivity contribution is -0.895. The third-order valence-electron chi connectivity index (χ3n) is 3.31. The van der Waals surface area contributed by atoms with Crippen LogP contribution in [0.1, 0.15) is 6.92 Å². The summed E-state index contributed by atoms with van der Waals surface area (Å²) < 4.78 is 26.2. The summed E-state index contributed by atoms with van der Waals surface area (Å²) in [6, 6.07) is 8.48. The number of nitrogens with one attached hydrogen (secondary N) is 1. The molecule has 2 rings (SSSR count). The van der Waals surface area contributed by atoms with Crippen molar-refractivity contribution in [1.82, 2.24) is 4.31 Å². The van der Waals surface area contributed by atoms with Gasteiger partial charge in [-0.25, -0.2) is 8.42 Å². The van der Waals surface area contributed by atoms with Crippen LogP contribution in [0.2, 0.25) is 0 Å². The minimum absolute atomic E-state index is 0.148. The topological polar surface area (TPSA) is 58.9 Å². The Balaban J connectivity index is 2.03. The number of Topliss-reactive ketones (excluding diaryl/α,β-unsaturated/α-hetero) is 1. The van der Waals surface area contributed by atoms with E-state index in [1.165, 1.54) is 4.31 Å². The molecule has 0 unspecified atom stereocenters. The molecule has 6 heteroatoms. The van der Waals surface area contributed by atoms with Gasteiger partial charge in [0.15, 0.2) is 5.78 Å². The average Bonchev–Trinajstić information content (AvgIpc) is 2.40. The minimum Gasteiger partial charge on any atom is -0.327 e. The maximum absolute atomic E-state index is 12.4. The number of hydrogen-bond donors (Lipinski definition) is 1. The maximum Gasteiger partial charge on any atom is 0.243 e. The molecule has 1 fully saturated rings. The molecule has 0 aliphatic carbocycles. The van der Waals surface area contributed by atoms with Crippen molar-refractivity contribution in [3.63, 3.8) is 0 Å². The molecule has 1 aliphatic rings. The summed E-state index contributed by atoms with van der Waals surface area (Å²) in [6.45, 7) is 4.37. The highest BCUT2D eigenvalue weighted by Gasteiger charge is 2.30. The Morgan fingerprint density at radius 1 is 1.21 bits per heavy atom. The number of piperazine rings is 1. The van der Waals surface area contributed by atoms with Crippen molar-refractivity contribution >= 4 is 15.8 Å². The second-order valence-electron chi connectivity index (χ2n) is 4.85. The number of carbonyl (C=O) groups excluding carboxylic acids is 1. The molecule has 0 atom stereocenters. The smallest absolute Gasteiger partial charge is 0.243 e. The number of carbonyl (C=O) groups is 1. The van der Waals surface area contributed by atoms with Crippen molar-refractivity contribution in [3.8, 4) is 0 Å². The van der Waals surface area contributed by atoms with Crippen LogP contribution >= 0.6 is 0 Å². The highest BCUT2D eigenvalue weighted by molar-refractivity contribution is 7.89. The molecule has 0 amide bonds. The van der Waals surface area contributed by atoms with E-state index in [0.29, 0.717) is 37.6 Å². The normalized spacial score (nSPS) is 18.4. The summed E-state index contributed by atoms with van der Waals surface area (Å²) in [4.78, 5) is 12.6. The van der Waals surface area contributed by atoms with Gasteiger partial charge in [-0.3, -0.25) is 4.79 Å². The summed E-state index contributed by atoms with van der Waals surface area (Å²) in [5, 5.41) is 0. The van der Waals surface area contributed by atoms with E-state index >= 15 is 0 Å². The van der Waals surface area contributed by atoms with Crippen LogP contribution in [0.3, 0.4) is 0 Å². The lowest BCUT2D eigenvalue weighted by Crippen LogP contribution is -3.15. The summed E-state index contributed by atoms with van der Waals surface area (Å²) in [5.41, 5.74) is 0. The van der Waals surface area contributed by atoms with Crippen molar-refractivity contribution in [2.24, 2.45) is 0 Å². The molecule has 0 aromatic heterocycles. The first-order valence-corrected chi connectivity index (χ1v) is 7.82. The summed E-state index contributed by atoms with van der Waals surface area (Å²) in [5.74, 6) is 0.148. The Morgan fingerprint density at radius 3 is 2.32 bits per heavy atom. The van der Waals surface area contributed by atoms with Crippen LogP contribution < -0.4 is 4.90 Å². The van der Waals surface area contributed by atoms with E-state index in [1.54, 1.807) is 37.3 Å². The van der Waals surface area contributed by atoms with Gasteiger partial charge >= 0.3 is 0 Å². The van der Waals surface area contributed by atoms with E-state index < -0.39 is 10.0 Å². The number of rotatable bonds is 4. The maximum atomic E-state index is 12.4. The quantitative estimate of drug-likeness (QED) is 0.784. The molecule has 19 heavy (non-hydrogen) atoms. The predicted molar refractivity (Wildman–Crippen MR) is 71.4 cm³/mol. The SMILES string of the molecule is CC(=O)C[NH+]1CCN(S(=O)(=O)c2ccccc2)CC1. The van der Waals surface area contributed by atoms with Crippen molar-refractivity contribution in [3.05, 3.63) is 30.3 Å². The van der Waals surface area contributed by atoms with Gasteiger partial charge in [0.1, 0.15) is 6.54 Å². The molecule has 5 nitrogen and oxygen atoms in total. The molecule has 1 saturated heterocycles. The number of quaternary nitrogens is 1. The fourth-order valence-electron chi connectivity index (χ4n) is 2.31. The van der Waals surface area contributed by atoms with Crippen molar-refractivity contribution in [2.45, 2.75) is 11.8 Å². The first-order valence-electron chi connectivity index (χ1n) is 6.38. The van der Waals surface area contributed by atoms with E-state index in [9.17, 15) is 13.2 Å². The van der Waals surface area contributed by atoms with E-state index in [0.717, 1.165) is 4.90 Å². The molecule has 1 aliphatic heterocycles. The van der Waals surface area contributed by atoms with Crippen molar-refractivity contribution in [2.75, 3.05) is 32.7 Å². The van der Waals surface area contributed by atoms with Gasteiger partial charge in [-0.05, 0) is 12.1 Å². The molecule has 0 radical (unpaired) electrons. The van der Waals surface area contributed by atoms with Crippen LogP contribution in [0.15, 0.2) is 35.2 Å². The Kier molecular flexibility index (Phi) is 4.34. The fourth-order valence-corrected chi connectivity index (χ4v) is 3.78. The average molecular weight is 283 g/mol. The lowest BCUT2D eigenvalue weighted by Gasteiger charge is -2.30. The molecule has 104 valence electrons. The number of nitrogens with zero attached hydrogens (tertiary/aromatic N) is 1. The minimum atomic E-state index is -3.38. The molecule has 1 aromatic carbocycles. The summed E-state index contributed by atoms with van der Waals surface area (Å²) in [7, 11) is -3.38. The van der Waals surface area contributed by atoms with Crippen molar-refractivity contribution in [1.29, 1.82) is 0 Å². The predicted octanol–water partition coefficient (Wildman–Crippen LogP) is -0.835. The highest BCUT2D eigenvalue weighted by atomic mass is 32.2. The first kappa shape index (κ1) is 14.2. The van der Waals surface area contributed by atoms with Crippen LogP contribution in [0.25, 0.3) is 0 Å². The zero-order valence-electron chi connectivity index (χ0n) is 11.0. The van der Waals surface area contributed by atoms with E-state index in [4.69, 9.17) is 0 Å². The molecule has 1 heterocycles. The van der Waals surface area contributed by atoms with Gasteiger partial charge in [0.25, 0.3) is 0 Å². The lowest BCUT2D eigenvalue weighted by atomic mass is 10.3. The number of hydrogen-bond acceptors (Lipinski definition) is 3. The zero-order chi connectivity index (χ0) is 13.9. The first-order chi connectivity index (χ1) is 9.00. The van der Waals surface area contributed by atoms with Crippen molar-refractivity contribution < 1.29 is 18.1 Å². The fraction of sp³-hybridized carbons (Fsp3) is 0.462. The highest BCUT2D eigenvalue weighted by Crippen LogP contribution is 2.14. The third kappa shape index (κ3) is 3.40. The molecule has 0 saturated carbocycles. The largest absolute Gasteiger partial charge is 0.327 e. The monoisotopic (exact) mass is 283 g/mol. The molecule has 0 bridgehead atoms. The second kappa shape index (κ2) is 5.81. The Morgan fingerprint density at radius 2 is 1.79 bits per heavy atom.